The highest BCUT2D eigenvalue weighted by Crippen LogP contribution is 2.46. The van der Waals surface area contributed by atoms with Crippen LogP contribution >= 0.6 is 0 Å². The molecule has 2 fully saturated rings. The van der Waals surface area contributed by atoms with E-state index in [1.54, 1.807) is 29.3 Å². The number of carbonyl (C=O) groups is 5. The topological polar surface area (TPSA) is 175 Å². The van der Waals surface area contributed by atoms with Crippen molar-refractivity contribution in [3.63, 3.8) is 0 Å². The Bertz CT molecular complexity index is 3620. The first kappa shape index (κ1) is 40.2. The van der Waals surface area contributed by atoms with Gasteiger partial charge in [-0.3, -0.25) is 29.8 Å². The normalized spacial score (nSPS) is 20.6. The predicted octanol–water partition coefficient (Wildman–Crippen LogP) is 6.89. The number of aromatic amines is 2. The molecule has 14 heteroatoms. The number of hydrogen-bond donors (Lipinski definition) is 5. The monoisotopic (exact) mass is 900 g/mol. The van der Waals surface area contributed by atoms with E-state index in [1.807, 2.05) is 73.2 Å². The zero-order valence-electron chi connectivity index (χ0n) is 36.7. The lowest BCUT2D eigenvalue weighted by atomic mass is 9.82. The standard InChI is InChI=1S/C54H44N8O6/c63-50-44(38-24-56-42-12-5-4-10-33(38)42)47(53(66)58-50)41-27-60-18-17-55-23-37-31(14-16-36(41)49(37)60)21-29-13-15-34-39(25-57-43(34)22-29)45-46(52(65)59-51(45)64)40-28-61-19-20-62(26-32-9-6-11-35(40)48(32)61)68-54(67)30-7-2-1-3-8-30/h1-16,22,24-25,27-28,44-47,55-57H,17-21,23,26H2,(H,58,63,66)(H,59,64,65). The maximum Gasteiger partial charge on any atom is 0.357 e. The van der Waals surface area contributed by atoms with Crippen LogP contribution in [0.5, 0.6) is 0 Å². The summed E-state index contributed by atoms with van der Waals surface area (Å²) in [7, 11) is 0. The predicted molar refractivity (Wildman–Crippen MR) is 255 cm³/mol. The van der Waals surface area contributed by atoms with Gasteiger partial charge in [-0.1, -0.05) is 78.9 Å². The first-order chi connectivity index (χ1) is 33.3. The summed E-state index contributed by atoms with van der Waals surface area (Å²) in [6, 6.07) is 33.2. The zero-order chi connectivity index (χ0) is 45.8. The first-order valence-electron chi connectivity index (χ1n) is 23.1. The Hall–Kier alpha value is -8.07. The zero-order valence-corrected chi connectivity index (χ0v) is 36.7. The largest absolute Gasteiger partial charge is 0.363 e. The van der Waals surface area contributed by atoms with Crippen molar-refractivity contribution in [2.24, 2.45) is 0 Å². The van der Waals surface area contributed by atoms with Crippen LogP contribution in [0.25, 0.3) is 43.6 Å². The molecule has 5 N–H and O–H groups in total. The number of benzene rings is 5. The molecule has 68 heavy (non-hydrogen) atoms. The number of nitrogens with zero attached hydrogens (tertiary/aromatic N) is 3. The molecule has 336 valence electrons. The fourth-order valence-corrected chi connectivity index (χ4v) is 11.6. The Morgan fingerprint density at radius 2 is 1.21 bits per heavy atom. The van der Waals surface area contributed by atoms with E-state index in [4.69, 9.17) is 4.84 Å². The van der Waals surface area contributed by atoms with E-state index in [0.717, 1.165) is 101 Å². The molecule has 2 saturated heterocycles. The van der Waals surface area contributed by atoms with E-state index in [2.05, 4.69) is 65.5 Å². The quantitative estimate of drug-likeness (QED) is 0.103. The van der Waals surface area contributed by atoms with Crippen molar-refractivity contribution in [2.75, 3.05) is 13.1 Å². The van der Waals surface area contributed by atoms with Crippen LogP contribution in [0.2, 0.25) is 0 Å². The number of para-hydroxylation sites is 2. The van der Waals surface area contributed by atoms with Gasteiger partial charge in [-0.05, 0) is 75.2 Å². The van der Waals surface area contributed by atoms with Gasteiger partial charge in [-0.15, -0.1) is 5.06 Å². The van der Waals surface area contributed by atoms with Gasteiger partial charge >= 0.3 is 5.97 Å². The van der Waals surface area contributed by atoms with Crippen molar-refractivity contribution >= 4 is 73.2 Å². The molecule has 14 nitrogen and oxygen atoms in total. The second-order valence-corrected chi connectivity index (χ2v) is 18.5. The van der Waals surface area contributed by atoms with Gasteiger partial charge in [0.2, 0.25) is 23.6 Å². The fraction of sp³-hybridized carbons (Fsp3) is 0.204. The van der Waals surface area contributed by atoms with Crippen molar-refractivity contribution in [1.82, 2.24) is 40.1 Å². The number of H-pyrrole nitrogens is 2. The molecule has 9 aromatic rings. The van der Waals surface area contributed by atoms with Crippen molar-refractivity contribution in [3.8, 4) is 0 Å². The van der Waals surface area contributed by atoms with Crippen LogP contribution in [0.1, 0.15) is 78.5 Å². The van der Waals surface area contributed by atoms with Gasteiger partial charge in [0.25, 0.3) is 0 Å². The molecule has 4 aromatic heterocycles. The number of fused-ring (bicyclic) bond motifs is 2. The lowest BCUT2D eigenvalue weighted by Gasteiger charge is -2.20. The molecule has 0 spiro atoms. The van der Waals surface area contributed by atoms with Crippen LogP contribution in [-0.2, 0) is 56.6 Å². The summed E-state index contributed by atoms with van der Waals surface area (Å²) in [6.07, 6.45) is 8.42. The Balaban J connectivity index is 0.803. The molecule has 13 rings (SSSR count). The Labute approximate surface area is 388 Å². The van der Waals surface area contributed by atoms with Crippen LogP contribution in [-0.4, -0.2) is 66.9 Å². The molecular formula is C54H44N8O6. The molecule has 4 atom stereocenters. The third kappa shape index (κ3) is 6.28. The van der Waals surface area contributed by atoms with Gasteiger partial charge in [0.15, 0.2) is 0 Å². The smallest absolute Gasteiger partial charge is 0.357 e. The Morgan fingerprint density at radius 3 is 1.96 bits per heavy atom. The molecule has 4 amide bonds. The molecule has 4 unspecified atom stereocenters. The number of amides is 4. The van der Waals surface area contributed by atoms with Crippen molar-refractivity contribution in [3.05, 3.63) is 178 Å². The van der Waals surface area contributed by atoms with Crippen LogP contribution in [0.4, 0.5) is 0 Å². The highest BCUT2D eigenvalue weighted by atomic mass is 16.7. The number of carbonyl (C=O) groups excluding carboxylic acids is 5. The number of rotatable bonds is 8. The molecule has 0 saturated carbocycles. The highest BCUT2D eigenvalue weighted by Gasteiger charge is 2.47. The van der Waals surface area contributed by atoms with E-state index < -0.39 is 29.6 Å². The summed E-state index contributed by atoms with van der Waals surface area (Å²) in [5.74, 6) is -4.51. The Morgan fingerprint density at radius 1 is 0.588 bits per heavy atom. The maximum absolute atomic E-state index is 13.9. The van der Waals surface area contributed by atoms with Crippen LogP contribution in [0.3, 0.4) is 0 Å². The molecule has 8 heterocycles. The molecule has 0 bridgehead atoms. The first-order valence-corrected chi connectivity index (χ1v) is 23.1. The summed E-state index contributed by atoms with van der Waals surface area (Å²) in [5, 5.41) is 14.3. The second kappa shape index (κ2) is 15.5. The summed E-state index contributed by atoms with van der Waals surface area (Å²) < 4.78 is 4.35. The van der Waals surface area contributed by atoms with Crippen molar-refractivity contribution < 1.29 is 28.8 Å². The summed E-state index contributed by atoms with van der Waals surface area (Å²) in [4.78, 5) is 80.5. The average Bonchev–Trinajstić information content (AvgIpc) is 4.17. The Kier molecular flexibility index (Phi) is 9.17. The fourth-order valence-electron chi connectivity index (χ4n) is 11.6. The third-order valence-electron chi connectivity index (χ3n) is 14.7. The number of aromatic nitrogens is 4. The average molecular weight is 901 g/mol. The minimum atomic E-state index is -0.757. The van der Waals surface area contributed by atoms with E-state index in [1.165, 1.54) is 0 Å². The molecular weight excluding hydrogens is 857 g/mol. The summed E-state index contributed by atoms with van der Waals surface area (Å²) >= 11 is 0. The SMILES string of the molecule is O=C(ON1CCn2cc(C3C(=O)NC(=O)C3c3c[nH]c4cc(Cc5ccc6c(C7C(=O)NC(=O)C7c7c[nH]c8ccccc78)cn7c6c5CNCC7)ccc34)c3cccc(c32)C1)c1ccccc1. The van der Waals surface area contributed by atoms with Gasteiger partial charge in [0.1, 0.15) is 0 Å². The van der Waals surface area contributed by atoms with E-state index in [-0.39, 0.29) is 23.6 Å². The second-order valence-electron chi connectivity index (χ2n) is 18.5. The molecule has 0 aliphatic carbocycles. The van der Waals surface area contributed by atoms with Crippen LogP contribution in [0, 0.1) is 0 Å². The number of hydroxylamine groups is 2. The lowest BCUT2D eigenvalue weighted by molar-refractivity contribution is -0.127. The van der Waals surface area contributed by atoms with E-state index in [9.17, 15) is 24.0 Å². The van der Waals surface area contributed by atoms with Crippen molar-refractivity contribution in [1.29, 1.82) is 0 Å². The molecule has 0 radical (unpaired) electrons. The van der Waals surface area contributed by atoms with Gasteiger partial charge in [0.05, 0.1) is 53.4 Å². The van der Waals surface area contributed by atoms with E-state index in [0.29, 0.717) is 38.2 Å². The number of imide groups is 2. The lowest BCUT2D eigenvalue weighted by Crippen LogP contribution is -2.28. The van der Waals surface area contributed by atoms with Gasteiger partial charge < -0.3 is 29.3 Å². The minimum Gasteiger partial charge on any atom is -0.363 e. The van der Waals surface area contributed by atoms with Gasteiger partial charge in [0, 0.05) is 83.5 Å². The van der Waals surface area contributed by atoms with Gasteiger partial charge in [-0.2, -0.15) is 0 Å². The summed E-state index contributed by atoms with van der Waals surface area (Å²) in [6.45, 7) is 3.44. The molecule has 4 aliphatic heterocycles. The number of hydrogen-bond acceptors (Lipinski definition) is 8. The highest BCUT2D eigenvalue weighted by molar-refractivity contribution is 6.14. The number of nitrogens with one attached hydrogen (secondary N) is 5. The molecule has 5 aromatic carbocycles. The maximum atomic E-state index is 13.9. The van der Waals surface area contributed by atoms with Crippen LogP contribution < -0.4 is 16.0 Å². The van der Waals surface area contributed by atoms with E-state index >= 15 is 0 Å². The summed E-state index contributed by atoms with van der Waals surface area (Å²) in [5.41, 5.74) is 11.8. The van der Waals surface area contributed by atoms with Gasteiger partial charge in [-0.25, -0.2) is 4.79 Å². The minimum absolute atomic E-state index is 0.285. The van der Waals surface area contributed by atoms with Crippen LogP contribution in [0.15, 0.2) is 128 Å². The van der Waals surface area contributed by atoms with Crippen molar-refractivity contribution in [2.45, 2.75) is 56.3 Å². The molecule has 4 aliphatic rings. The third-order valence-corrected chi connectivity index (χ3v) is 14.7.